The topological polar surface area (TPSA) is 59.9 Å². The second kappa shape index (κ2) is 6.75. The molecule has 1 N–H and O–H groups in total. The zero-order valence-corrected chi connectivity index (χ0v) is 11.5. The summed E-state index contributed by atoms with van der Waals surface area (Å²) in [5, 5.41) is 6.20. The third-order valence-corrected chi connectivity index (χ3v) is 2.69. The van der Waals surface area contributed by atoms with Crippen molar-refractivity contribution in [2.45, 2.75) is 26.2 Å². The number of oxime groups is 1. The highest BCUT2D eigenvalue weighted by atomic mass is 32.2. The summed E-state index contributed by atoms with van der Waals surface area (Å²) in [6, 6.07) is 0. The Hall–Kier alpha value is -0.750. The van der Waals surface area contributed by atoms with E-state index < -0.39 is 6.09 Å². The van der Waals surface area contributed by atoms with Gasteiger partial charge in [-0.3, -0.25) is 4.84 Å². The van der Waals surface area contributed by atoms with Crippen molar-refractivity contribution < 1.29 is 14.4 Å². The lowest BCUT2D eigenvalue weighted by Gasteiger charge is -2.25. The van der Waals surface area contributed by atoms with Gasteiger partial charge >= 0.3 is 6.09 Å². The van der Waals surface area contributed by atoms with Gasteiger partial charge in [-0.1, -0.05) is 25.9 Å². The fourth-order valence-corrected chi connectivity index (χ4v) is 1.80. The number of ether oxygens (including phenoxy) is 1. The summed E-state index contributed by atoms with van der Waals surface area (Å²) in [6.07, 6.45) is 1.33. The lowest BCUT2D eigenvalue weighted by molar-refractivity contribution is 0.147. The zero-order chi connectivity index (χ0) is 12.8. The highest BCUT2D eigenvalue weighted by molar-refractivity contribution is 7.99. The van der Waals surface area contributed by atoms with Crippen LogP contribution in [0.5, 0.6) is 0 Å². The van der Waals surface area contributed by atoms with Gasteiger partial charge < -0.3 is 10.1 Å². The molecule has 0 bridgehead atoms. The normalized spacial score (nSPS) is 14.5. The lowest BCUT2D eigenvalue weighted by Crippen LogP contribution is -2.33. The van der Waals surface area contributed by atoms with Crippen LogP contribution >= 0.6 is 11.8 Å². The Labute approximate surface area is 101 Å². The molecule has 0 aliphatic rings. The van der Waals surface area contributed by atoms with Crippen LogP contribution in [0.2, 0.25) is 0 Å². The third-order valence-electron chi connectivity index (χ3n) is 1.85. The Kier molecular flexibility index (Phi) is 6.43. The Morgan fingerprint density at radius 3 is 2.31 bits per heavy atom. The van der Waals surface area contributed by atoms with Gasteiger partial charge in [0.25, 0.3) is 0 Å². The molecule has 0 aromatic carbocycles. The van der Waals surface area contributed by atoms with Crippen LogP contribution in [0.3, 0.4) is 0 Å². The van der Waals surface area contributed by atoms with Crippen LogP contribution < -0.4 is 5.32 Å². The van der Waals surface area contributed by atoms with Crippen molar-refractivity contribution in [2.24, 2.45) is 10.6 Å². The second-order valence-electron chi connectivity index (χ2n) is 4.16. The predicted octanol–water partition coefficient (Wildman–Crippen LogP) is 2.08. The van der Waals surface area contributed by atoms with Crippen LogP contribution in [0.4, 0.5) is 4.79 Å². The number of nitrogens with one attached hydrogen (secondary N) is 1. The molecule has 0 rings (SSSR count). The van der Waals surface area contributed by atoms with E-state index in [-0.39, 0.29) is 10.9 Å². The summed E-state index contributed by atoms with van der Waals surface area (Å²) in [6.45, 7) is 5.96. The molecule has 6 heteroatoms. The summed E-state index contributed by atoms with van der Waals surface area (Å²) in [4.78, 5) is 15.7. The van der Waals surface area contributed by atoms with Crippen molar-refractivity contribution >= 4 is 23.6 Å². The molecule has 0 fully saturated rings. The SMILES string of the molecule is CNC(=O)ON=C(C(OC)SC)C(C)(C)C. The maximum Gasteiger partial charge on any atom is 0.433 e. The van der Waals surface area contributed by atoms with Crippen molar-refractivity contribution in [1.82, 2.24) is 5.32 Å². The van der Waals surface area contributed by atoms with Crippen LogP contribution in [-0.4, -0.2) is 37.7 Å². The minimum atomic E-state index is -0.585. The van der Waals surface area contributed by atoms with E-state index in [1.807, 2.05) is 27.0 Å². The van der Waals surface area contributed by atoms with Gasteiger partial charge in [0.15, 0.2) is 0 Å². The standard InChI is InChI=1S/C10H20N2O3S/c1-10(2,3)7(8(14-5)16-6)12-15-9(13)11-4/h8H,1-6H3,(H,11,13). The molecule has 0 spiro atoms. The van der Waals surface area contributed by atoms with Crippen molar-refractivity contribution in [2.75, 3.05) is 20.4 Å². The number of methoxy groups -OCH3 is 1. The third kappa shape index (κ3) is 4.85. The maximum absolute atomic E-state index is 11.0. The summed E-state index contributed by atoms with van der Waals surface area (Å²) >= 11 is 1.50. The van der Waals surface area contributed by atoms with Crippen LogP contribution in [0.15, 0.2) is 5.16 Å². The molecule has 0 aromatic heterocycles. The van der Waals surface area contributed by atoms with Gasteiger partial charge in [0.1, 0.15) is 11.1 Å². The van der Waals surface area contributed by atoms with Gasteiger partial charge in [-0.2, -0.15) is 0 Å². The molecule has 0 saturated heterocycles. The highest BCUT2D eigenvalue weighted by Gasteiger charge is 2.28. The minimum Gasteiger partial charge on any atom is -0.365 e. The fourth-order valence-electron chi connectivity index (χ4n) is 0.989. The first-order chi connectivity index (χ1) is 7.36. The fraction of sp³-hybridized carbons (Fsp3) is 0.800. The number of carbonyl (C=O) groups is 1. The minimum absolute atomic E-state index is 0.218. The molecule has 94 valence electrons. The Bertz CT molecular complexity index is 257. The van der Waals surface area contributed by atoms with Crippen LogP contribution in [0.1, 0.15) is 20.8 Å². The Balaban J connectivity index is 4.87. The van der Waals surface area contributed by atoms with Crippen LogP contribution in [0.25, 0.3) is 0 Å². The van der Waals surface area contributed by atoms with E-state index in [4.69, 9.17) is 9.57 Å². The van der Waals surface area contributed by atoms with Crippen molar-refractivity contribution in [3.63, 3.8) is 0 Å². The molecule has 16 heavy (non-hydrogen) atoms. The van der Waals surface area contributed by atoms with E-state index in [0.717, 1.165) is 0 Å². The summed E-state index contributed by atoms with van der Waals surface area (Å²) in [5.41, 5.74) is 0.244. The lowest BCUT2D eigenvalue weighted by atomic mass is 9.90. The molecule has 0 aliphatic heterocycles. The molecule has 0 aromatic rings. The van der Waals surface area contributed by atoms with Crippen molar-refractivity contribution in [3.8, 4) is 0 Å². The molecule has 0 radical (unpaired) electrons. The van der Waals surface area contributed by atoms with E-state index in [1.54, 1.807) is 7.11 Å². The Morgan fingerprint density at radius 2 is 2.00 bits per heavy atom. The zero-order valence-electron chi connectivity index (χ0n) is 10.7. The van der Waals surface area contributed by atoms with E-state index in [0.29, 0.717) is 5.71 Å². The van der Waals surface area contributed by atoms with Gasteiger partial charge in [-0.05, 0) is 6.26 Å². The van der Waals surface area contributed by atoms with Gasteiger partial charge in [-0.15, -0.1) is 11.8 Å². The molecule has 1 amide bonds. The quantitative estimate of drug-likeness (QED) is 0.358. The number of amides is 1. The molecule has 1 atom stereocenters. The summed E-state index contributed by atoms with van der Waals surface area (Å²) in [7, 11) is 3.08. The monoisotopic (exact) mass is 248 g/mol. The average molecular weight is 248 g/mol. The van der Waals surface area contributed by atoms with Crippen LogP contribution in [-0.2, 0) is 9.57 Å². The molecule has 0 heterocycles. The summed E-state index contributed by atoms with van der Waals surface area (Å²) < 4.78 is 5.27. The second-order valence-corrected chi connectivity index (χ2v) is 5.06. The van der Waals surface area contributed by atoms with Gasteiger partial charge in [0.05, 0.1) is 0 Å². The first-order valence-electron chi connectivity index (χ1n) is 4.89. The van der Waals surface area contributed by atoms with E-state index in [2.05, 4.69) is 10.5 Å². The van der Waals surface area contributed by atoms with Crippen molar-refractivity contribution in [1.29, 1.82) is 0 Å². The summed E-state index contributed by atoms with van der Waals surface area (Å²) in [5.74, 6) is 0. The number of hydrogen-bond donors (Lipinski definition) is 1. The number of nitrogens with zero attached hydrogens (tertiary/aromatic N) is 1. The number of hydrogen-bond acceptors (Lipinski definition) is 5. The number of carbonyl (C=O) groups excluding carboxylic acids is 1. The molecule has 0 aliphatic carbocycles. The maximum atomic E-state index is 11.0. The number of rotatable bonds is 4. The largest absolute Gasteiger partial charge is 0.433 e. The highest BCUT2D eigenvalue weighted by Crippen LogP contribution is 2.24. The average Bonchev–Trinajstić information content (AvgIpc) is 2.21. The first-order valence-corrected chi connectivity index (χ1v) is 6.18. The van der Waals surface area contributed by atoms with Gasteiger partial charge in [0.2, 0.25) is 0 Å². The van der Waals surface area contributed by atoms with Crippen LogP contribution in [0, 0.1) is 5.41 Å². The molecule has 0 saturated carbocycles. The van der Waals surface area contributed by atoms with Crippen molar-refractivity contribution in [3.05, 3.63) is 0 Å². The van der Waals surface area contributed by atoms with Gasteiger partial charge in [-0.25, -0.2) is 4.79 Å². The smallest absolute Gasteiger partial charge is 0.365 e. The van der Waals surface area contributed by atoms with E-state index in [1.165, 1.54) is 18.8 Å². The predicted molar refractivity (Wildman–Crippen MR) is 66.7 cm³/mol. The molecule has 1 unspecified atom stereocenters. The Morgan fingerprint density at radius 1 is 1.44 bits per heavy atom. The van der Waals surface area contributed by atoms with E-state index >= 15 is 0 Å². The molecular formula is C10H20N2O3S. The van der Waals surface area contributed by atoms with Gasteiger partial charge in [0, 0.05) is 19.6 Å². The molecule has 5 nitrogen and oxygen atoms in total. The first kappa shape index (κ1) is 15.2. The molecular weight excluding hydrogens is 228 g/mol. The number of thioether (sulfide) groups is 1. The van der Waals surface area contributed by atoms with E-state index in [9.17, 15) is 4.79 Å².